The summed E-state index contributed by atoms with van der Waals surface area (Å²) in [5.41, 5.74) is 3.44. The minimum absolute atomic E-state index is 0.129. The number of anilines is 1. The zero-order valence-electron chi connectivity index (χ0n) is 17.4. The first-order valence-electron chi connectivity index (χ1n) is 10.6. The van der Waals surface area contributed by atoms with Crippen molar-refractivity contribution in [2.45, 2.75) is 44.8 Å². The zero-order chi connectivity index (χ0) is 20.4. The molecule has 2 saturated heterocycles. The number of likely N-dealkylation sites (tertiary alicyclic amines) is 2. The van der Waals surface area contributed by atoms with Crippen LogP contribution < -0.4 is 4.90 Å². The highest BCUT2D eigenvalue weighted by molar-refractivity contribution is 5.82. The number of aromatic nitrogens is 1. The number of rotatable bonds is 4. The van der Waals surface area contributed by atoms with E-state index in [0.717, 1.165) is 56.5 Å². The summed E-state index contributed by atoms with van der Waals surface area (Å²) < 4.78 is 0. The smallest absolute Gasteiger partial charge is 0.349 e. The highest BCUT2D eigenvalue weighted by Gasteiger charge is 2.36. The fourth-order valence-corrected chi connectivity index (χ4v) is 4.58. The third kappa shape index (κ3) is 4.20. The molecule has 6 heteroatoms. The predicted molar refractivity (Wildman–Crippen MR) is 117 cm³/mol. The molecule has 0 radical (unpaired) electrons. The molecule has 6 nitrogen and oxygen atoms in total. The van der Waals surface area contributed by atoms with Gasteiger partial charge in [-0.2, -0.15) is 0 Å². The first kappa shape index (κ1) is 19.7. The van der Waals surface area contributed by atoms with E-state index in [2.05, 4.69) is 57.9 Å². The molecule has 1 aromatic carbocycles. The molecule has 1 aromatic heterocycles. The second kappa shape index (κ2) is 8.38. The second-order valence-corrected chi connectivity index (χ2v) is 8.37. The van der Waals surface area contributed by atoms with Crippen LogP contribution in [0, 0.1) is 13.5 Å². The van der Waals surface area contributed by atoms with Crippen LogP contribution in [0.3, 0.4) is 0 Å². The van der Waals surface area contributed by atoms with E-state index in [-0.39, 0.29) is 12.1 Å². The standard InChI is InChI=1S/C23H30N5O/c1-17-6-7-21-18(13-17)14-20(15-25-21)26(3)19-8-11-27(12-9-19)16-23(29)28-10-4-5-22(28)24-2/h2,6-7,13-15,19,22H,4-5,8-12,16H2,1,3H3/q+1/t22-/m0/s1. The van der Waals surface area contributed by atoms with Crippen molar-refractivity contribution >= 4 is 22.5 Å². The molecule has 2 aromatic rings. The summed E-state index contributed by atoms with van der Waals surface area (Å²) >= 11 is 0. The molecule has 0 unspecified atom stereocenters. The number of amides is 1. The van der Waals surface area contributed by atoms with E-state index in [1.807, 2.05) is 11.1 Å². The van der Waals surface area contributed by atoms with Gasteiger partial charge in [-0.15, -0.1) is 0 Å². The highest BCUT2D eigenvalue weighted by Crippen LogP contribution is 2.25. The van der Waals surface area contributed by atoms with Crippen molar-refractivity contribution in [3.05, 3.63) is 40.9 Å². The molecule has 0 bridgehead atoms. The van der Waals surface area contributed by atoms with Crippen molar-refractivity contribution in [3.63, 3.8) is 0 Å². The lowest BCUT2D eigenvalue weighted by Crippen LogP contribution is -2.48. The number of carbonyl (C=O) groups excluding carboxylic acids is 1. The fraction of sp³-hybridized carbons (Fsp3) is 0.522. The van der Waals surface area contributed by atoms with E-state index < -0.39 is 0 Å². The van der Waals surface area contributed by atoms with E-state index >= 15 is 0 Å². The second-order valence-electron chi connectivity index (χ2n) is 8.37. The molecule has 2 fully saturated rings. The Morgan fingerprint density at radius 2 is 2.03 bits per heavy atom. The van der Waals surface area contributed by atoms with Crippen molar-refractivity contribution in [2.24, 2.45) is 0 Å². The van der Waals surface area contributed by atoms with Crippen molar-refractivity contribution in [3.8, 4) is 6.57 Å². The Balaban J connectivity index is 1.34. The average molecular weight is 393 g/mol. The van der Waals surface area contributed by atoms with Gasteiger partial charge in [0.2, 0.25) is 5.91 Å². The van der Waals surface area contributed by atoms with Crippen LogP contribution in [0.15, 0.2) is 30.5 Å². The third-order valence-electron chi connectivity index (χ3n) is 6.41. The Labute approximate surface area is 172 Å². The van der Waals surface area contributed by atoms with Crippen LogP contribution >= 0.6 is 0 Å². The number of hydrogen-bond donors (Lipinski definition) is 0. The van der Waals surface area contributed by atoms with E-state index in [0.29, 0.717) is 12.6 Å². The summed E-state index contributed by atoms with van der Waals surface area (Å²) in [6.45, 7) is 10.7. The minimum Gasteiger partial charge on any atom is -0.370 e. The molecular weight excluding hydrogens is 362 g/mol. The lowest BCUT2D eigenvalue weighted by molar-refractivity contribution is -0.132. The van der Waals surface area contributed by atoms with Gasteiger partial charge in [0.05, 0.1) is 30.4 Å². The van der Waals surface area contributed by atoms with Gasteiger partial charge in [0.25, 0.3) is 6.57 Å². The topological polar surface area (TPSA) is 44.0 Å². The molecule has 1 amide bonds. The van der Waals surface area contributed by atoms with E-state index in [1.165, 1.54) is 10.9 Å². The number of aryl methyl sites for hydroxylation is 1. The number of piperidine rings is 1. The van der Waals surface area contributed by atoms with Crippen LogP contribution in [0.5, 0.6) is 0 Å². The lowest BCUT2D eigenvalue weighted by atomic mass is 10.0. The Bertz CT molecular complexity index is 929. The summed E-state index contributed by atoms with van der Waals surface area (Å²) in [6.07, 6.45) is 5.80. The van der Waals surface area contributed by atoms with Gasteiger partial charge in [0, 0.05) is 38.1 Å². The van der Waals surface area contributed by atoms with Gasteiger partial charge < -0.3 is 4.90 Å². The van der Waals surface area contributed by atoms with Gasteiger partial charge in [0.15, 0.2) is 0 Å². The summed E-state index contributed by atoms with van der Waals surface area (Å²) in [4.78, 5) is 27.5. The minimum atomic E-state index is -0.129. The molecule has 0 spiro atoms. The normalized spacial score (nSPS) is 20.7. The Kier molecular flexibility index (Phi) is 5.68. The molecule has 2 aliphatic heterocycles. The van der Waals surface area contributed by atoms with Crippen LogP contribution in [-0.4, -0.2) is 66.1 Å². The van der Waals surface area contributed by atoms with Gasteiger partial charge in [-0.05, 0) is 44.4 Å². The first-order valence-corrected chi connectivity index (χ1v) is 10.6. The number of carbonyl (C=O) groups is 1. The number of benzene rings is 1. The molecule has 0 N–H and O–H groups in total. The third-order valence-corrected chi connectivity index (χ3v) is 6.41. The monoisotopic (exact) mass is 392 g/mol. The van der Waals surface area contributed by atoms with Gasteiger partial charge >= 0.3 is 6.17 Å². The maximum atomic E-state index is 12.6. The van der Waals surface area contributed by atoms with Crippen LogP contribution in [0.25, 0.3) is 15.7 Å². The highest BCUT2D eigenvalue weighted by atomic mass is 16.2. The van der Waals surface area contributed by atoms with E-state index in [4.69, 9.17) is 6.57 Å². The van der Waals surface area contributed by atoms with Gasteiger partial charge in [-0.3, -0.25) is 19.6 Å². The molecular formula is C23H30N5O+. The molecule has 0 saturated carbocycles. The van der Waals surface area contributed by atoms with Gasteiger partial charge in [-0.1, -0.05) is 16.5 Å². The van der Waals surface area contributed by atoms with Crippen LogP contribution in [-0.2, 0) is 4.79 Å². The number of hydrogen-bond acceptors (Lipinski definition) is 4. The van der Waals surface area contributed by atoms with Crippen molar-refractivity contribution in [1.82, 2.24) is 14.8 Å². The molecule has 29 heavy (non-hydrogen) atoms. The summed E-state index contributed by atoms with van der Waals surface area (Å²) in [5.74, 6) is 0.155. The lowest BCUT2D eigenvalue weighted by Gasteiger charge is -2.37. The summed E-state index contributed by atoms with van der Waals surface area (Å²) in [7, 11) is 2.15. The van der Waals surface area contributed by atoms with Crippen LogP contribution in [0.4, 0.5) is 5.69 Å². The largest absolute Gasteiger partial charge is 0.370 e. The molecule has 152 valence electrons. The van der Waals surface area contributed by atoms with Crippen LogP contribution in [0.2, 0.25) is 0 Å². The summed E-state index contributed by atoms with van der Waals surface area (Å²) in [5, 5.41) is 1.18. The molecule has 3 heterocycles. The first-order chi connectivity index (χ1) is 14.0. The maximum Gasteiger partial charge on any atom is 0.349 e. The fourth-order valence-electron chi connectivity index (χ4n) is 4.58. The summed E-state index contributed by atoms with van der Waals surface area (Å²) in [6, 6.07) is 9.06. The number of pyridine rings is 1. The van der Waals surface area contributed by atoms with Crippen molar-refractivity contribution in [1.29, 1.82) is 0 Å². The van der Waals surface area contributed by atoms with Gasteiger partial charge in [-0.25, -0.2) is 0 Å². The zero-order valence-corrected chi connectivity index (χ0v) is 17.4. The SMILES string of the molecule is C#[N+][C@@H]1CCCN1C(=O)CN1CCC(N(C)c2cnc3ccc(C)cc3c2)CC1. The predicted octanol–water partition coefficient (Wildman–Crippen LogP) is 3.36. The van der Waals surface area contributed by atoms with Gasteiger partial charge in [0.1, 0.15) is 0 Å². The van der Waals surface area contributed by atoms with E-state index in [1.54, 1.807) is 0 Å². The van der Waals surface area contributed by atoms with Crippen molar-refractivity contribution in [2.75, 3.05) is 38.1 Å². The number of nitrogens with zero attached hydrogens (tertiary/aromatic N) is 5. The Morgan fingerprint density at radius 1 is 1.24 bits per heavy atom. The van der Waals surface area contributed by atoms with E-state index in [9.17, 15) is 4.79 Å². The number of fused-ring (bicyclic) bond motifs is 1. The average Bonchev–Trinajstić information content (AvgIpc) is 3.22. The molecule has 4 rings (SSSR count). The quantitative estimate of drug-likeness (QED) is 0.800. The Hall–Kier alpha value is -2.65. The van der Waals surface area contributed by atoms with Crippen molar-refractivity contribution < 1.29 is 4.79 Å². The molecule has 0 aliphatic carbocycles. The molecule has 2 aliphatic rings. The molecule has 1 atom stereocenters. The Morgan fingerprint density at radius 3 is 2.79 bits per heavy atom. The van der Waals surface area contributed by atoms with Crippen LogP contribution in [0.1, 0.15) is 31.2 Å². The maximum absolute atomic E-state index is 12.6.